The third-order valence-corrected chi connectivity index (χ3v) is 6.29. The van der Waals surface area contributed by atoms with Gasteiger partial charge in [-0.05, 0) is 36.8 Å². The Morgan fingerprint density at radius 2 is 1.68 bits per heavy atom. The van der Waals surface area contributed by atoms with Crippen molar-refractivity contribution in [3.8, 4) is 5.75 Å². The molecule has 0 saturated carbocycles. The topological polar surface area (TPSA) is 49.9 Å². The Labute approximate surface area is 149 Å². The standard InChI is InChI=1S/C19H24N2O3S/c1-17-6-5-7-18(16-17)24-15-14-20-10-12-21(13-11-20)25(22,23)19-8-3-2-4-9-19/h2-9,16H,10-15H2,1H3. The smallest absolute Gasteiger partial charge is 0.243 e. The highest BCUT2D eigenvalue weighted by Crippen LogP contribution is 2.17. The fourth-order valence-electron chi connectivity index (χ4n) is 2.93. The second-order valence-electron chi connectivity index (χ2n) is 6.22. The maximum absolute atomic E-state index is 12.6. The van der Waals surface area contributed by atoms with Crippen LogP contribution in [0.25, 0.3) is 0 Å². The Kier molecular flexibility index (Phi) is 5.73. The van der Waals surface area contributed by atoms with Crippen molar-refractivity contribution in [3.63, 3.8) is 0 Å². The van der Waals surface area contributed by atoms with Crippen LogP contribution in [-0.2, 0) is 10.0 Å². The minimum Gasteiger partial charge on any atom is -0.492 e. The van der Waals surface area contributed by atoms with Crippen LogP contribution in [0.4, 0.5) is 0 Å². The van der Waals surface area contributed by atoms with E-state index in [1.807, 2.05) is 37.3 Å². The average molecular weight is 360 g/mol. The Bertz CT molecular complexity index is 785. The molecule has 2 aromatic rings. The van der Waals surface area contributed by atoms with Crippen molar-refractivity contribution in [3.05, 3.63) is 60.2 Å². The van der Waals surface area contributed by atoms with Gasteiger partial charge in [-0.1, -0.05) is 30.3 Å². The van der Waals surface area contributed by atoms with E-state index in [0.717, 1.165) is 25.4 Å². The molecule has 1 heterocycles. The Morgan fingerprint density at radius 1 is 0.960 bits per heavy atom. The number of benzene rings is 2. The van der Waals surface area contributed by atoms with Crippen LogP contribution in [0.5, 0.6) is 5.75 Å². The molecule has 0 aromatic heterocycles. The number of rotatable bonds is 6. The highest BCUT2D eigenvalue weighted by molar-refractivity contribution is 7.89. The number of piperazine rings is 1. The normalized spacial score (nSPS) is 16.7. The number of hydrogen-bond acceptors (Lipinski definition) is 4. The summed E-state index contributed by atoms with van der Waals surface area (Å²) in [5.74, 6) is 0.880. The zero-order chi connectivity index (χ0) is 17.7. The first-order chi connectivity index (χ1) is 12.1. The molecule has 2 aromatic carbocycles. The maximum atomic E-state index is 12.6. The summed E-state index contributed by atoms with van der Waals surface area (Å²) in [5, 5.41) is 0. The number of sulfonamides is 1. The van der Waals surface area contributed by atoms with E-state index in [0.29, 0.717) is 24.6 Å². The molecule has 1 aliphatic heterocycles. The van der Waals surface area contributed by atoms with Gasteiger partial charge in [0.2, 0.25) is 10.0 Å². The van der Waals surface area contributed by atoms with E-state index in [-0.39, 0.29) is 0 Å². The predicted molar refractivity (Wildman–Crippen MR) is 98.3 cm³/mol. The number of hydrogen-bond donors (Lipinski definition) is 0. The van der Waals surface area contributed by atoms with Gasteiger partial charge in [-0.15, -0.1) is 0 Å². The van der Waals surface area contributed by atoms with Gasteiger partial charge in [0.25, 0.3) is 0 Å². The van der Waals surface area contributed by atoms with Crippen LogP contribution >= 0.6 is 0 Å². The van der Waals surface area contributed by atoms with Crippen molar-refractivity contribution in [1.82, 2.24) is 9.21 Å². The Hall–Kier alpha value is -1.89. The lowest BCUT2D eigenvalue weighted by Gasteiger charge is -2.33. The molecule has 25 heavy (non-hydrogen) atoms. The zero-order valence-electron chi connectivity index (χ0n) is 14.5. The van der Waals surface area contributed by atoms with Crippen molar-refractivity contribution in [2.24, 2.45) is 0 Å². The lowest BCUT2D eigenvalue weighted by molar-refractivity contribution is 0.159. The minimum absolute atomic E-state index is 0.367. The molecule has 3 rings (SSSR count). The summed E-state index contributed by atoms with van der Waals surface area (Å²) in [6, 6.07) is 16.6. The second-order valence-corrected chi connectivity index (χ2v) is 8.16. The van der Waals surface area contributed by atoms with Crippen LogP contribution in [0.1, 0.15) is 5.56 Å². The van der Waals surface area contributed by atoms with Gasteiger partial charge in [-0.25, -0.2) is 8.42 Å². The summed E-state index contributed by atoms with van der Waals surface area (Å²) in [7, 11) is -3.38. The van der Waals surface area contributed by atoms with Crippen LogP contribution in [0.3, 0.4) is 0 Å². The maximum Gasteiger partial charge on any atom is 0.243 e. The monoisotopic (exact) mass is 360 g/mol. The molecule has 6 heteroatoms. The fourth-order valence-corrected chi connectivity index (χ4v) is 4.38. The highest BCUT2D eigenvalue weighted by Gasteiger charge is 2.28. The van der Waals surface area contributed by atoms with Gasteiger partial charge in [0.05, 0.1) is 4.90 Å². The van der Waals surface area contributed by atoms with E-state index >= 15 is 0 Å². The van der Waals surface area contributed by atoms with Gasteiger partial charge in [0.1, 0.15) is 12.4 Å². The molecule has 0 spiro atoms. The molecule has 0 radical (unpaired) electrons. The average Bonchev–Trinajstić information content (AvgIpc) is 2.63. The van der Waals surface area contributed by atoms with E-state index in [1.54, 1.807) is 28.6 Å². The van der Waals surface area contributed by atoms with Crippen molar-refractivity contribution in [2.45, 2.75) is 11.8 Å². The van der Waals surface area contributed by atoms with Gasteiger partial charge < -0.3 is 4.74 Å². The lowest BCUT2D eigenvalue weighted by atomic mass is 10.2. The quantitative estimate of drug-likeness (QED) is 0.794. The summed E-state index contributed by atoms with van der Waals surface area (Å²) in [6.07, 6.45) is 0. The van der Waals surface area contributed by atoms with Gasteiger partial charge in [-0.2, -0.15) is 4.31 Å². The van der Waals surface area contributed by atoms with Gasteiger partial charge >= 0.3 is 0 Å². The van der Waals surface area contributed by atoms with E-state index in [9.17, 15) is 8.42 Å². The number of ether oxygens (including phenoxy) is 1. The molecule has 134 valence electrons. The first-order valence-electron chi connectivity index (χ1n) is 8.53. The molecule has 0 N–H and O–H groups in total. The third kappa shape index (κ3) is 4.60. The van der Waals surface area contributed by atoms with E-state index in [4.69, 9.17) is 4.74 Å². The summed E-state index contributed by atoms with van der Waals surface area (Å²) >= 11 is 0. The van der Waals surface area contributed by atoms with E-state index in [1.165, 1.54) is 5.56 Å². The van der Waals surface area contributed by atoms with Gasteiger partial charge in [-0.3, -0.25) is 4.90 Å². The molecule has 0 unspecified atom stereocenters. The van der Waals surface area contributed by atoms with Crippen LogP contribution in [-0.4, -0.2) is 57.0 Å². The summed E-state index contributed by atoms with van der Waals surface area (Å²) in [6.45, 7) is 5.93. The molecule has 0 atom stereocenters. The number of nitrogens with zero attached hydrogens (tertiary/aromatic N) is 2. The third-order valence-electron chi connectivity index (χ3n) is 4.38. The van der Waals surface area contributed by atoms with Crippen molar-refractivity contribution >= 4 is 10.0 Å². The summed E-state index contributed by atoms with van der Waals surface area (Å²) in [5.41, 5.74) is 1.18. The van der Waals surface area contributed by atoms with Crippen LogP contribution in [0.2, 0.25) is 0 Å². The Morgan fingerprint density at radius 3 is 2.36 bits per heavy atom. The summed E-state index contributed by atoms with van der Waals surface area (Å²) < 4.78 is 32.6. The zero-order valence-corrected chi connectivity index (χ0v) is 15.3. The molecule has 0 amide bonds. The summed E-state index contributed by atoms with van der Waals surface area (Å²) in [4.78, 5) is 2.61. The van der Waals surface area contributed by atoms with Crippen LogP contribution in [0.15, 0.2) is 59.5 Å². The molecule has 1 aliphatic rings. The molecular weight excluding hydrogens is 336 g/mol. The van der Waals surface area contributed by atoms with Gasteiger partial charge in [0.15, 0.2) is 0 Å². The van der Waals surface area contributed by atoms with Crippen molar-refractivity contribution in [1.29, 1.82) is 0 Å². The molecule has 1 fully saturated rings. The second kappa shape index (κ2) is 7.99. The van der Waals surface area contributed by atoms with Crippen molar-refractivity contribution in [2.75, 3.05) is 39.3 Å². The highest BCUT2D eigenvalue weighted by atomic mass is 32.2. The molecule has 0 aliphatic carbocycles. The first-order valence-corrected chi connectivity index (χ1v) is 9.97. The van der Waals surface area contributed by atoms with Gasteiger partial charge in [0, 0.05) is 32.7 Å². The fraction of sp³-hybridized carbons (Fsp3) is 0.368. The van der Waals surface area contributed by atoms with E-state index in [2.05, 4.69) is 4.90 Å². The molecule has 0 bridgehead atoms. The minimum atomic E-state index is -3.38. The number of aryl methyl sites for hydroxylation is 1. The first kappa shape index (κ1) is 17.9. The molecular formula is C19H24N2O3S. The SMILES string of the molecule is Cc1cccc(OCCN2CCN(S(=O)(=O)c3ccccc3)CC2)c1. The van der Waals surface area contributed by atoms with Crippen LogP contribution in [0, 0.1) is 6.92 Å². The largest absolute Gasteiger partial charge is 0.492 e. The lowest BCUT2D eigenvalue weighted by Crippen LogP contribution is -2.49. The predicted octanol–water partition coefficient (Wildman–Crippen LogP) is 2.38. The van der Waals surface area contributed by atoms with E-state index < -0.39 is 10.0 Å². The van der Waals surface area contributed by atoms with Crippen LogP contribution < -0.4 is 4.74 Å². The molecule has 1 saturated heterocycles. The molecule has 5 nitrogen and oxygen atoms in total. The van der Waals surface area contributed by atoms with Crippen molar-refractivity contribution < 1.29 is 13.2 Å². The Balaban J connectivity index is 1.47.